The maximum atomic E-state index is 10.6. The number of unbranched alkanes of at least 4 members (excludes halogenated alkanes) is 1. The summed E-state index contributed by atoms with van der Waals surface area (Å²) in [5.74, 6) is 3.57. The fourth-order valence-corrected chi connectivity index (χ4v) is 0.646. The molecule has 0 atom stereocenters. The molecule has 0 saturated heterocycles. The van der Waals surface area contributed by atoms with Gasteiger partial charge in [-0.1, -0.05) is 5.92 Å². The molecule has 0 saturated carbocycles. The van der Waals surface area contributed by atoms with Gasteiger partial charge in [-0.2, -0.15) is 0 Å². The normalized spacial score (nSPS) is 8.38. The molecular weight excluding hydrogens is 172 g/mol. The summed E-state index contributed by atoms with van der Waals surface area (Å²) in [7, 11) is 1.32. The summed E-state index contributed by atoms with van der Waals surface area (Å²) in [6, 6.07) is 0. The number of hydrogen-bond acceptors (Lipinski definition) is 4. The van der Waals surface area contributed by atoms with E-state index in [4.69, 9.17) is 0 Å². The summed E-state index contributed by atoms with van der Waals surface area (Å²) >= 11 is 0. The van der Waals surface area contributed by atoms with Gasteiger partial charge in [0.2, 0.25) is 0 Å². The lowest BCUT2D eigenvalue weighted by Gasteiger charge is -1.94. The number of carbonyl (C=O) groups is 2. The molecule has 0 N–H and O–H groups in total. The smallest absolute Gasteiger partial charge is 0.305 e. The van der Waals surface area contributed by atoms with Gasteiger partial charge in [-0.15, -0.1) is 5.92 Å². The predicted octanol–water partition coefficient (Wildman–Crippen LogP) is -0.527. The van der Waals surface area contributed by atoms with Gasteiger partial charge in [0.25, 0.3) is 0 Å². The van der Waals surface area contributed by atoms with Crippen LogP contribution in [0.1, 0.15) is 25.7 Å². The van der Waals surface area contributed by atoms with E-state index in [1.165, 1.54) is 7.11 Å². The van der Waals surface area contributed by atoms with Crippen molar-refractivity contribution in [3.63, 3.8) is 0 Å². The Bertz CT molecular complexity index is 234. The minimum atomic E-state index is -1.18. The van der Waals surface area contributed by atoms with Crippen LogP contribution in [0.5, 0.6) is 0 Å². The second-order valence-electron chi connectivity index (χ2n) is 2.33. The first kappa shape index (κ1) is 11.5. The molecule has 0 spiro atoms. The monoisotopic (exact) mass is 183 g/mol. The van der Waals surface area contributed by atoms with Crippen molar-refractivity contribution in [2.75, 3.05) is 7.11 Å². The van der Waals surface area contributed by atoms with Crippen molar-refractivity contribution in [3.8, 4) is 11.8 Å². The minimum absolute atomic E-state index is 0.252. The molecule has 0 aliphatic rings. The maximum absolute atomic E-state index is 10.6. The molecule has 0 heterocycles. The number of aliphatic carboxylic acids is 1. The molecule has 0 aliphatic carbocycles. The second kappa shape index (κ2) is 7.17. The maximum Gasteiger partial charge on any atom is 0.305 e. The Morgan fingerprint density at radius 2 is 2.08 bits per heavy atom. The van der Waals surface area contributed by atoms with Crippen LogP contribution in [0.15, 0.2) is 0 Å². The van der Waals surface area contributed by atoms with Gasteiger partial charge in [-0.3, -0.25) is 4.79 Å². The van der Waals surface area contributed by atoms with Crippen molar-refractivity contribution in [1.29, 1.82) is 0 Å². The van der Waals surface area contributed by atoms with Crippen molar-refractivity contribution in [1.82, 2.24) is 0 Å². The number of hydrogen-bond donors (Lipinski definition) is 0. The second-order valence-corrected chi connectivity index (χ2v) is 2.33. The first-order chi connectivity index (χ1) is 6.16. The molecule has 0 aromatic carbocycles. The van der Waals surface area contributed by atoms with Crippen LogP contribution in [0.25, 0.3) is 0 Å². The highest BCUT2D eigenvalue weighted by Gasteiger charge is 1.96. The van der Waals surface area contributed by atoms with Gasteiger partial charge >= 0.3 is 5.97 Å². The van der Waals surface area contributed by atoms with Gasteiger partial charge < -0.3 is 14.6 Å². The summed E-state index contributed by atoms with van der Waals surface area (Å²) in [6.07, 6.45) is 1.16. The van der Waals surface area contributed by atoms with Crippen LogP contribution in [-0.4, -0.2) is 19.0 Å². The molecule has 4 heteroatoms. The Balaban J connectivity index is 3.38. The molecule has 0 bridgehead atoms. The molecule has 0 fully saturated rings. The average Bonchev–Trinajstić information content (AvgIpc) is 2.10. The van der Waals surface area contributed by atoms with Crippen LogP contribution in [-0.2, 0) is 14.3 Å². The van der Waals surface area contributed by atoms with Crippen molar-refractivity contribution < 1.29 is 19.4 Å². The Kier molecular flexibility index (Phi) is 6.34. The van der Waals surface area contributed by atoms with E-state index < -0.39 is 5.97 Å². The molecule has 0 rings (SSSR count). The summed E-state index contributed by atoms with van der Waals surface area (Å²) in [5, 5.41) is 9.90. The van der Waals surface area contributed by atoms with Crippen LogP contribution in [0.4, 0.5) is 0 Å². The van der Waals surface area contributed by atoms with Crippen LogP contribution in [0.2, 0.25) is 0 Å². The Labute approximate surface area is 76.9 Å². The van der Waals surface area contributed by atoms with E-state index in [0.29, 0.717) is 19.3 Å². The van der Waals surface area contributed by atoms with Crippen LogP contribution in [0.3, 0.4) is 0 Å². The molecule has 0 unspecified atom stereocenters. The van der Waals surface area contributed by atoms with Crippen LogP contribution >= 0.6 is 0 Å². The Morgan fingerprint density at radius 3 is 2.62 bits per heavy atom. The van der Waals surface area contributed by atoms with E-state index in [9.17, 15) is 14.7 Å². The number of carboxylic acids is 1. The molecule has 72 valence electrons. The van der Waals surface area contributed by atoms with E-state index in [2.05, 4.69) is 16.6 Å². The van der Waals surface area contributed by atoms with Gasteiger partial charge in [-0.25, -0.2) is 0 Å². The summed E-state index contributed by atoms with van der Waals surface area (Å²) in [5.41, 5.74) is 0. The summed E-state index contributed by atoms with van der Waals surface area (Å²) < 4.78 is 4.40. The van der Waals surface area contributed by atoms with Crippen molar-refractivity contribution >= 4 is 11.9 Å². The lowest BCUT2D eigenvalue weighted by Crippen LogP contribution is -2.20. The van der Waals surface area contributed by atoms with E-state index >= 15 is 0 Å². The standard InChI is InChI=1S/C9H12O4/c1-13-9(12)7-5-3-2-4-6-8(10)11/h3,5-7H2,1H3,(H,10,11)/p-1. The molecule has 4 nitrogen and oxygen atoms in total. The highest BCUT2D eigenvalue weighted by atomic mass is 16.5. The first-order valence-corrected chi connectivity index (χ1v) is 3.89. The van der Waals surface area contributed by atoms with Crippen molar-refractivity contribution in [2.24, 2.45) is 0 Å². The Hall–Kier alpha value is -1.50. The lowest BCUT2D eigenvalue weighted by molar-refractivity contribution is -0.304. The van der Waals surface area contributed by atoms with Gasteiger partial charge in [-0.05, 0) is 6.42 Å². The zero-order chi connectivity index (χ0) is 10.1. The topological polar surface area (TPSA) is 66.4 Å². The number of carboxylic acid groups (broad SMARTS) is 1. The molecule has 0 radical (unpaired) electrons. The fraction of sp³-hybridized carbons (Fsp3) is 0.556. The highest BCUT2D eigenvalue weighted by molar-refractivity contribution is 5.69. The summed E-state index contributed by atoms with van der Waals surface area (Å²) in [4.78, 5) is 20.5. The van der Waals surface area contributed by atoms with Gasteiger partial charge in [0.1, 0.15) is 0 Å². The van der Waals surface area contributed by atoms with Gasteiger partial charge in [0, 0.05) is 19.3 Å². The van der Waals surface area contributed by atoms with Crippen molar-refractivity contribution in [2.45, 2.75) is 25.7 Å². The van der Waals surface area contributed by atoms with E-state index in [-0.39, 0.29) is 12.4 Å². The minimum Gasteiger partial charge on any atom is -0.549 e. The SMILES string of the molecule is COC(=O)CCCC#CCC(=O)[O-]. The Morgan fingerprint density at radius 1 is 1.38 bits per heavy atom. The number of carbonyl (C=O) groups excluding carboxylic acids is 2. The van der Waals surface area contributed by atoms with Crippen LogP contribution in [0, 0.1) is 11.8 Å². The number of ether oxygens (including phenoxy) is 1. The van der Waals surface area contributed by atoms with Crippen molar-refractivity contribution in [3.05, 3.63) is 0 Å². The molecular formula is C9H11O4-. The lowest BCUT2D eigenvalue weighted by atomic mass is 10.2. The average molecular weight is 183 g/mol. The quantitative estimate of drug-likeness (QED) is 0.334. The summed E-state index contributed by atoms with van der Waals surface area (Å²) in [6.45, 7) is 0. The number of rotatable bonds is 4. The zero-order valence-corrected chi connectivity index (χ0v) is 7.46. The van der Waals surface area contributed by atoms with E-state index in [1.807, 2.05) is 0 Å². The fourth-order valence-electron chi connectivity index (χ4n) is 0.646. The third-order valence-electron chi connectivity index (χ3n) is 1.27. The molecule has 0 aliphatic heterocycles. The third-order valence-corrected chi connectivity index (χ3v) is 1.27. The van der Waals surface area contributed by atoms with Gasteiger partial charge in [0.15, 0.2) is 0 Å². The zero-order valence-electron chi connectivity index (χ0n) is 7.46. The van der Waals surface area contributed by atoms with Crippen LogP contribution < -0.4 is 5.11 Å². The molecule has 0 amide bonds. The number of methoxy groups -OCH3 is 1. The molecule has 0 aromatic heterocycles. The third kappa shape index (κ3) is 8.41. The van der Waals surface area contributed by atoms with Gasteiger partial charge in [0.05, 0.1) is 13.1 Å². The number of esters is 1. The van der Waals surface area contributed by atoms with E-state index in [0.717, 1.165) is 0 Å². The molecule has 13 heavy (non-hydrogen) atoms. The first-order valence-electron chi connectivity index (χ1n) is 3.89. The van der Waals surface area contributed by atoms with E-state index in [1.54, 1.807) is 0 Å². The highest BCUT2D eigenvalue weighted by Crippen LogP contribution is 1.95. The predicted molar refractivity (Wildman–Crippen MR) is 43.3 cm³/mol. The molecule has 0 aromatic rings. The largest absolute Gasteiger partial charge is 0.549 e.